The number of hydrogen-bond donors (Lipinski definition) is 0. The van der Waals surface area contributed by atoms with Gasteiger partial charge < -0.3 is 9.80 Å². The van der Waals surface area contributed by atoms with Gasteiger partial charge in [-0.2, -0.15) is 0 Å². The van der Waals surface area contributed by atoms with Gasteiger partial charge in [-0.25, -0.2) is 0 Å². The third kappa shape index (κ3) is 6.53. The lowest BCUT2D eigenvalue weighted by Gasteiger charge is -2.45. The number of thiophene rings is 1. The molecule has 0 aliphatic carbocycles. The molecule has 0 spiro atoms. The molecule has 0 N–H and O–H groups in total. The SMILES string of the molecule is CC(C)(C)c1ccc2c(c1)N(c1ccc(-c3cccc4sc5ccccc5c34)cc1)c1cccc3c1B2c1ccc(C(C)(C)C)cc1N3c1ccc(-c2ccccc2)cc1-c1ccccc1. The molecule has 12 rings (SSSR count). The normalized spacial score (nSPS) is 13.2. The van der Waals surface area contributed by atoms with E-state index in [1.807, 2.05) is 11.3 Å². The van der Waals surface area contributed by atoms with E-state index >= 15 is 0 Å². The number of nitrogens with zero attached hydrogens (tertiary/aromatic N) is 2. The zero-order valence-corrected chi connectivity index (χ0v) is 39.2. The number of anilines is 6. The van der Waals surface area contributed by atoms with Crippen molar-refractivity contribution in [3.63, 3.8) is 0 Å². The molecule has 0 bridgehead atoms. The number of fused-ring (bicyclic) bond motifs is 7. The van der Waals surface area contributed by atoms with Crippen LogP contribution in [-0.4, -0.2) is 6.71 Å². The predicted molar refractivity (Wildman–Crippen MR) is 287 cm³/mol. The summed E-state index contributed by atoms with van der Waals surface area (Å²) in [5.41, 5.74) is 21.1. The largest absolute Gasteiger partial charge is 0.311 e. The minimum absolute atomic E-state index is 0.0304. The third-order valence-corrected chi connectivity index (χ3v) is 15.1. The Morgan fingerprint density at radius 2 is 0.924 bits per heavy atom. The van der Waals surface area contributed by atoms with E-state index < -0.39 is 0 Å². The maximum atomic E-state index is 2.58. The molecule has 0 amide bonds. The van der Waals surface area contributed by atoms with E-state index in [0.717, 1.165) is 5.69 Å². The standard InChI is InChI=1S/C62H51BN2S/c1-61(2,3)44-30-34-50-55(38-44)64(46-32-27-42(28-33-46)47-22-15-26-58-59(47)48-21-13-14-25-57(48)66-58)53-23-16-24-54-60(53)63(50)51-35-31-45(62(4,5)6)39-56(51)65(54)52-36-29-43(40-17-9-7-10-18-40)37-49(52)41-19-11-8-12-20-41/h7-39H,1-6H3. The Bertz CT molecular complexity index is 3500. The van der Waals surface area contributed by atoms with Crippen LogP contribution in [0.4, 0.5) is 34.1 Å². The molecule has 0 fully saturated rings. The van der Waals surface area contributed by atoms with Crippen LogP contribution in [0.15, 0.2) is 200 Å². The Hall–Kier alpha value is -7.14. The first-order chi connectivity index (χ1) is 32.0. The van der Waals surface area contributed by atoms with Crippen molar-refractivity contribution in [1.82, 2.24) is 0 Å². The first kappa shape index (κ1) is 40.4. The molecule has 2 aliphatic rings. The van der Waals surface area contributed by atoms with Gasteiger partial charge in [0.2, 0.25) is 0 Å². The van der Waals surface area contributed by atoms with Gasteiger partial charge in [0.25, 0.3) is 6.71 Å². The minimum atomic E-state index is -0.0423. The molecule has 1 aromatic heterocycles. The average Bonchev–Trinajstić information content (AvgIpc) is 3.73. The summed E-state index contributed by atoms with van der Waals surface area (Å²) in [7, 11) is 0. The topological polar surface area (TPSA) is 6.48 Å². The van der Waals surface area contributed by atoms with Gasteiger partial charge in [0.1, 0.15) is 0 Å². The van der Waals surface area contributed by atoms with Crippen LogP contribution in [0.2, 0.25) is 0 Å². The van der Waals surface area contributed by atoms with Gasteiger partial charge in [-0.15, -0.1) is 11.3 Å². The summed E-state index contributed by atoms with van der Waals surface area (Å²) in [5.74, 6) is 0. The van der Waals surface area contributed by atoms with E-state index in [-0.39, 0.29) is 17.5 Å². The van der Waals surface area contributed by atoms with Gasteiger partial charge in [0.15, 0.2) is 0 Å². The minimum Gasteiger partial charge on any atom is -0.311 e. The smallest absolute Gasteiger partial charge is 0.252 e. The fraction of sp³-hybridized carbons (Fsp3) is 0.129. The highest BCUT2D eigenvalue weighted by Gasteiger charge is 2.44. The molecule has 2 nitrogen and oxygen atoms in total. The van der Waals surface area contributed by atoms with Crippen molar-refractivity contribution in [2.45, 2.75) is 52.4 Å². The Kier molecular flexibility index (Phi) is 9.31. The van der Waals surface area contributed by atoms with E-state index in [1.54, 1.807) is 0 Å². The maximum Gasteiger partial charge on any atom is 0.252 e. The van der Waals surface area contributed by atoms with E-state index in [1.165, 1.54) is 110 Å². The van der Waals surface area contributed by atoms with Crippen LogP contribution in [0.25, 0.3) is 53.6 Å². The molecule has 0 atom stereocenters. The first-order valence-corrected chi connectivity index (χ1v) is 24.1. The number of hydrogen-bond acceptors (Lipinski definition) is 3. The quantitative estimate of drug-likeness (QED) is 0.159. The fourth-order valence-corrected chi connectivity index (χ4v) is 11.7. The molecular weight excluding hydrogens is 816 g/mol. The Labute approximate surface area is 393 Å². The van der Waals surface area contributed by atoms with Crippen molar-refractivity contribution in [3.05, 3.63) is 211 Å². The van der Waals surface area contributed by atoms with E-state index in [0.29, 0.717) is 0 Å². The van der Waals surface area contributed by atoms with Crippen molar-refractivity contribution < 1.29 is 0 Å². The van der Waals surface area contributed by atoms with Gasteiger partial charge in [-0.05, 0) is 127 Å². The van der Waals surface area contributed by atoms with Gasteiger partial charge in [-0.1, -0.05) is 181 Å². The van der Waals surface area contributed by atoms with Crippen LogP contribution in [0.1, 0.15) is 52.7 Å². The molecular formula is C62H51BN2S. The van der Waals surface area contributed by atoms with E-state index in [2.05, 4.69) is 252 Å². The molecule has 0 unspecified atom stereocenters. The highest BCUT2D eigenvalue weighted by Crippen LogP contribution is 2.49. The van der Waals surface area contributed by atoms with Crippen LogP contribution in [-0.2, 0) is 10.8 Å². The maximum absolute atomic E-state index is 2.58. The fourth-order valence-electron chi connectivity index (χ4n) is 10.6. The van der Waals surface area contributed by atoms with Crippen molar-refractivity contribution >= 4 is 88.7 Å². The summed E-state index contributed by atoms with van der Waals surface area (Å²) in [6, 6.07) is 75.3. The van der Waals surface area contributed by atoms with Crippen LogP contribution in [0.3, 0.4) is 0 Å². The summed E-state index contributed by atoms with van der Waals surface area (Å²) in [4.78, 5) is 5.13. The summed E-state index contributed by atoms with van der Waals surface area (Å²) in [6.45, 7) is 14.0. The second kappa shape index (κ2) is 15.2. The molecule has 0 radical (unpaired) electrons. The predicted octanol–water partition coefficient (Wildman–Crippen LogP) is 15.7. The summed E-state index contributed by atoms with van der Waals surface area (Å²) >= 11 is 1.88. The van der Waals surface area contributed by atoms with Crippen LogP contribution in [0, 0.1) is 0 Å². The highest BCUT2D eigenvalue weighted by atomic mass is 32.1. The van der Waals surface area contributed by atoms with Crippen molar-refractivity contribution in [2.75, 3.05) is 9.80 Å². The van der Waals surface area contributed by atoms with Crippen molar-refractivity contribution in [1.29, 1.82) is 0 Å². The lowest BCUT2D eigenvalue weighted by Crippen LogP contribution is -2.61. The van der Waals surface area contributed by atoms with Crippen LogP contribution in [0.5, 0.6) is 0 Å². The monoisotopic (exact) mass is 866 g/mol. The third-order valence-electron chi connectivity index (χ3n) is 14.0. The molecule has 318 valence electrons. The Balaban J connectivity index is 1.10. The summed E-state index contributed by atoms with van der Waals surface area (Å²) in [5, 5.41) is 2.66. The second-order valence-electron chi connectivity index (χ2n) is 20.1. The van der Waals surface area contributed by atoms with Crippen molar-refractivity contribution in [2.24, 2.45) is 0 Å². The molecule has 3 heterocycles. The molecule has 66 heavy (non-hydrogen) atoms. The molecule has 9 aromatic carbocycles. The molecule has 4 heteroatoms. The van der Waals surface area contributed by atoms with Crippen LogP contribution < -0.4 is 26.2 Å². The molecule has 10 aromatic rings. The van der Waals surface area contributed by atoms with E-state index in [9.17, 15) is 0 Å². The number of rotatable bonds is 5. The van der Waals surface area contributed by atoms with Crippen LogP contribution >= 0.6 is 11.3 Å². The Morgan fingerprint density at radius 3 is 1.59 bits per heavy atom. The number of benzene rings is 9. The van der Waals surface area contributed by atoms with Gasteiger partial charge >= 0.3 is 0 Å². The molecule has 2 aliphatic heterocycles. The highest BCUT2D eigenvalue weighted by molar-refractivity contribution is 7.26. The summed E-state index contributed by atoms with van der Waals surface area (Å²) in [6.07, 6.45) is 0. The van der Waals surface area contributed by atoms with Gasteiger partial charge in [-0.3, -0.25) is 0 Å². The zero-order valence-electron chi connectivity index (χ0n) is 38.4. The second-order valence-corrected chi connectivity index (χ2v) is 21.2. The lowest BCUT2D eigenvalue weighted by atomic mass is 9.33. The van der Waals surface area contributed by atoms with Gasteiger partial charge in [0, 0.05) is 54.2 Å². The van der Waals surface area contributed by atoms with Crippen molar-refractivity contribution in [3.8, 4) is 33.4 Å². The van der Waals surface area contributed by atoms with Gasteiger partial charge in [0.05, 0.1) is 5.69 Å². The zero-order chi connectivity index (χ0) is 44.9. The first-order valence-electron chi connectivity index (χ1n) is 23.3. The molecule has 0 saturated carbocycles. The van der Waals surface area contributed by atoms with E-state index in [4.69, 9.17) is 0 Å². The average molecular weight is 867 g/mol. The Morgan fingerprint density at radius 1 is 0.379 bits per heavy atom. The molecule has 0 saturated heterocycles. The lowest BCUT2D eigenvalue weighted by molar-refractivity contribution is 0.590. The summed E-state index contributed by atoms with van der Waals surface area (Å²) < 4.78 is 2.65.